The van der Waals surface area contributed by atoms with Crippen molar-refractivity contribution in [3.63, 3.8) is 0 Å². The highest BCUT2D eigenvalue weighted by Crippen LogP contribution is 2.41. The van der Waals surface area contributed by atoms with Crippen LogP contribution in [0.4, 0.5) is 0 Å². The molecular formula is C17H16INO. The third-order valence-corrected chi connectivity index (χ3v) is 4.60. The number of carbonyl (C=O) groups is 1. The Morgan fingerprint density at radius 1 is 1.05 bits per heavy atom. The standard InChI is InChI=1S/C17H16INO/c18-15-9-5-4-8-14(15)17(20)19-16(13-10-11-13)12-6-2-1-3-7-12/h1-9,13,16H,10-11H2,(H,19,20). The summed E-state index contributed by atoms with van der Waals surface area (Å²) in [5, 5.41) is 3.21. The fraction of sp³-hybridized carbons (Fsp3) is 0.235. The maximum atomic E-state index is 12.5. The van der Waals surface area contributed by atoms with Gasteiger partial charge in [-0.2, -0.15) is 0 Å². The van der Waals surface area contributed by atoms with Crippen LogP contribution in [0.2, 0.25) is 0 Å². The van der Waals surface area contributed by atoms with E-state index in [2.05, 4.69) is 40.0 Å². The quantitative estimate of drug-likeness (QED) is 0.797. The van der Waals surface area contributed by atoms with Gasteiger partial charge in [-0.25, -0.2) is 0 Å². The monoisotopic (exact) mass is 377 g/mol. The van der Waals surface area contributed by atoms with E-state index in [1.807, 2.05) is 42.5 Å². The fourth-order valence-corrected chi connectivity index (χ4v) is 3.06. The van der Waals surface area contributed by atoms with Crippen molar-refractivity contribution in [2.45, 2.75) is 18.9 Å². The first-order chi connectivity index (χ1) is 9.75. The van der Waals surface area contributed by atoms with Crippen LogP contribution in [0.3, 0.4) is 0 Å². The van der Waals surface area contributed by atoms with Gasteiger partial charge in [-0.3, -0.25) is 4.79 Å². The summed E-state index contributed by atoms with van der Waals surface area (Å²) in [5.41, 5.74) is 1.96. The molecule has 0 aromatic heterocycles. The lowest BCUT2D eigenvalue weighted by atomic mass is 10.0. The molecule has 102 valence electrons. The SMILES string of the molecule is O=C(NC(c1ccccc1)C1CC1)c1ccccc1I. The lowest BCUT2D eigenvalue weighted by molar-refractivity contribution is 0.0931. The predicted octanol–water partition coefficient (Wildman–Crippen LogP) is 4.17. The Kier molecular flexibility index (Phi) is 4.05. The molecule has 3 rings (SSSR count). The topological polar surface area (TPSA) is 29.1 Å². The van der Waals surface area contributed by atoms with Crippen molar-refractivity contribution in [1.29, 1.82) is 0 Å². The van der Waals surface area contributed by atoms with E-state index in [0.717, 1.165) is 9.13 Å². The molecule has 2 aromatic rings. The molecule has 0 heterocycles. The third-order valence-electron chi connectivity index (χ3n) is 3.66. The highest BCUT2D eigenvalue weighted by molar-refractivity contribution is 14.1. The van der Waals surface area contributed by atoms with Gasteiger partial charge in [-0.1, -0.05) is 42.5 Å². The molecule has 1 fully saturated rings. The van der Waals surface area contributed by atoms with Gasteiger partial charge in [0.25, 0.3) is 5.91 Å². The molecular weight excluding hydrogens is 361 g/mol. The Labute approximate surface area is 132 Å². The largest absolute Gasteiger partial charge is 0.345 e. The molecule has 20 heavy (non-hydrogen) atoms. The van der Waals surface area contributed by atoms with Crippen LogP contribution < -0.4 is 5.32 Å². The normalized spacial score (nSPS) is 15.7. The molecule has 0 aliphatic heterocycles. The number of rotatable bonds is 4. The van der Waals surface area contributed by atoms with E-state index in [1.165, 1.54) is 18.4 Å². The van der Waals surface area contributed by atoms with Crippen LogP contribution in [-0.2, 0) is 0 Å². The Hall–Kier alpha value is -1.36. The zero-order chi connectivity index (χ0) is 13.9. The lowest BCUT2D eigenvalue weighted by Crippen LogP contribution is -2.30. The predicted molar refractivity (Wildman–Crippen MR) is 88.5 cm³/mol. The molecule has 1 atom stereocenters. The zero-order valence-electron chi connectivity index (χ0n) is 11.1. The van der Waals surface area contributed by atoms with Crippen molar-refractivity contribution < 1.29 is 4.79 Å². The Morgan fingerprint density at radius 2 is 1.70 bits per heavy atom. The summed E-state index contributed by atoms with van der Waals surface area (Å²) < 4.78 is 0.991. The van der Waals surface area contributed by atoms with Crippen LogP contribution in [-0.4, -0.2) is 5.91 Å². The number of hydrogen-bond donors (Lipinski definition) is 1. The molecule has 1 unspecified atom stereocenters. The van der Waals surface area contributed by atoms with Gasteiger partial charge in [0.2, 0.25) is 0 Å². The Morgan fingerprint density at radius 3 is 2.35 bits per heavy atom. The van der Waals surface area contributed by atoms with Crippen LogP contribution in [0.15, 0.2) is 54.6 Å². The molecule has 0 radical (unpaired) electrons. The first-order valence-corrected chi connectivity index (χ1v) is 7.94. The lowest BCUT2D eigenvalue weighted by Gasteiger charge is -2.19. The van der Waals surface area contributed by atoms with Crippen LogP contribution >= 0.6 is 22.6 Å². The van der Waals surface area contributed by atoms with Gasteiger partial charge in [-0.15, -0.1) is 0 Å². The van der Waals surface area contributed by atoms with Crippen LogP contribution in [0.5, 0.6) is 0 Å². The highest BCUT2D eigenvalue weighted by atomic mass is 127. The number of hydrogen-bond acceptors (Lipinski definition) is 1. The summed E-state index contributed by atoms with van der Waals surface area (Å²) in [7, 11) is 0. The Balaban J connectivity index is 1.81. The van der Waals surface area contributed by atoms with Gasteiger partial charge in [0, 0.05) is 3.57 Å². The van der Waals surface area contributed by atoms with E-state index in [4.69, 9.17) is 0 Å². The summed E-state index contributed by atoms with van der Waals surface area (Å²) in [6.07, 6.45) is 2.40. The molecule has 0 spiro atoms. The highest BCUT2D eigenvalue weighted by Gasteiger charge is 2.33. The first-order valence-electron chi connectivity index (χ1n) is 6.86. The van der Waals surface area contributed by atoms with Crippen molar-refractivity contribution in [3.8, 4) is 0 Å². The number of nitrogens with one attached hydrogen (secondary N) is 1. The molecule has 2 nitrogen and oxygen atoms in total. The van der Waals surface area contributed by atoms with Crippen molar-refractivity contribution in [3.05, 3.63) is 69.3 Å². The molecule has 1 aliphatic carbocycles. The number of halogens is 1. The molecule has 1 N–H and O–H groups in total. The average molecular weight is 377 g/mol. The number of amides is 1. The minimum Gasteiger partial charge on any atom is -0.345 e. The van der Waals surface area contributed by atoms with Crippen molar-refractivity contribution in [2.24, 2.45) is 5.92 Å². The summed E-state index contributed by atoms with van der Waals surface area (Å²) >= 11 is 2.21. The van der Waals surface area contributed by atoms with Gasteiger partial charge in [0.1, 0.15) is 0 Å². The second-order valence-electron chi connectivity index (χ2n) is 5.18. The third kappa shape index (κ3) is 3.03. The Bertz CT molecular complexity index is 607. The molecule has 1 aliphatic rings. The number of benzene rings is 2. The summed E-state index contributed by atoms with van der Waals surface area (Å²) in [6.45, 7) is 0. The molecule has 1 saturated carbocycles. The minimum absolute atomic E-state index is 0.0238. The van der Waals surface area contributed by atoms with E-state index in [0.29, 0.717) is 5.92 Å². The number of carbonyl (C=O) groups excluding carboxylic acids is 1. The van der Waals surface area contributed by atoms with Crippen molar-refractivity contribution in [2.75, 3.05) is 0 Å². The maximum absolute atomic E-state index is 12.5. The first kappa shape index (κ1) is 13.6. The van der Waals surface area contributed by atoms with Crippen LogP contribution in [0, 0.1) is 9.49 Å². The molecule has 0 bridgehead atoms. The summed E-state index contributed by atoms with van der Waals surface area (Å²) in [6, 6.07) is 18.1. The molecule has 2 aromatic carbocycles. The van der Waals surface area contributed by atoms with Crippen LogP contribution in [0.25, 0.3) is 0 Å². The van der Waals surface area contributed by atoms with E-state index < -0.39 is 0 Å². The van der Waals surface area contributed by atoms with Crippen molar-refractivity contribution in [1.82, 2.24) is 5.32 Å². The van der Waals surface area contributed by atoms with Gasteiger partial charge in [0.15, 0.2) is 0 Å². The zero-order valence-corrected chi connectivity index (χ0v) is 13.2. The fourth-order valence-electron chi connectivity index (χ4n) is 2.43. The molecule has 1 amide bonds. The van der Waals surface area contributed by atoms with E-state index in [-0.39, 0.29) is 11.9 Å². The van der Waals surface area contributed by atoms with E-state index in [1.54, 1.807) is 0 Å². The minimum atomic E-state index is 0.0238. The maximum Gasteiger partial charge on any atom is 0.252 e. The second kappa shape index (κ2) is 5.95. The second-order valence-corrected chi connectivity index (χ2v) is 6.34. The van der Waals surface area contributed by atoms with Crippen LogP contribution in [0.1, 0.15) is 34.8 Å². The van der Waals surface area contributed by atoms with E-state index >= 15 is 0 Å². The van der Waals surface area contributed by atoms with E-state index in [9.17, 15) is 4.79 Å². The molecule has 3 heteroatoms. The smallest absolute Gasteiger partial charge is 0.252 e. The summed E-state index contributed by atoms with van der Waals surface area (Å²) in [5.74, 6) is 0.610. The molecule has 0 saturated heterocycles. The van der Waals surface area contributed by atoms with Gasteiger partial charge in [-0.05, 0) is 59.0 Å². The van der Waals surface area contributed by atoms with Gasteiger partial charge < -0.3 is 5.32 Å². The van der Waals surface area contributed by atoms with Crippen molar-refractivity contribution >= 4 is 28.5 Å². The summed E-state index contributed by atoms with van der Waals surface area (Å²) in [4.78, 5) is 12.5. The van der Waals surface area contributed by atoms with Gasteiger partial charge >= 0.3 is 0 Å². The van der Waals surface area contributed by atoms with Gasteiger partial charge in [0.05, 0.1) is 11.6 Å². The average Bonchev–Trinajstić information content (AvgIpc) is 3.30.